The Labute approximate surface area is 618 Å². The van der Waals surface area contributed by atoms with Crippen LogP contribution in [0.1, 0.15) is 232 Å². The second-order valence-corrected chi connectivity index (χ2v) is 29.7. The first-order chi connectivity index (χ1) is 49.3. The summed E-state index contributed by atoms with van der Waals surface area (Å²) < 4.78 is 73.6. The summed E-state index contributed by atoms with van der Waals surface area (Å²) in [6, 6.07) is 65.8. The topological polar surface area (TPSA) is 95.2 Å². The van der Waals surface area contributed by atoms with Crippen molar-refractivity contribution in [2.45, 2.75) is 186 Å². The fourth-order valence-corrected chi connectivity index (χ4v) is 10.0. The van der Waals surface area contributed by atoms with Crippen molar-refractivity contribution < 1.29 is 12.3 Å². The minimum absolute atomic E-state index is 0. The maximum Gasteiger partial charge on any atom is 0.0995 e. The molecule has 0 bridgehead atoms. The maximum atomic E-state index is 8.98. The molecule has 0 aromatic heterocycles. The van der Waals surface area contributed by atoms with E-state index in [0.29, 0.717) is 22.3 Å². The largest absolute Gasteiger partial charge is 0.192 e. The van der Waals surface area contributed by atoms with E-state index in [9.17, 15) is 0 Å². The molecule has 10 aromatic rings. The van der Waals surface area contributed by atoms with Crippen LogP contribution in [0.25, 0.3) is 44.5 Å². The Bertz CT molecular complexity index is 4780. The zero-order chi connectivity index (χ0) is 79.8. The highest BCUT2D eigenvalue weighted by Crippen LogP contribution is 2.36. The number of hydrogen-bond donors (Lipinski definition) is 0. The van der Waals surface area contributed by atoms with Crippen LogP contribution in [0.5, 0.6) is 0 Å². The van der Waals surface area contributed by atoms with Gasteiger partial charge in [-0.2, -0.15) is 21.0 Å². The molecule has 4 nitrogen and oxygen atoms in total. The SMILES string of the molecule is C.C.C.C#Cc1cc(C#N)cc(C(C)(C)C)c1.C#Cc1cccc(C#N)c1C(C)(C)C.CC(C)(C)c1cc(-c2ccccc2)cc(-c2ccccc2)c1.CC(C)(C)c1ccc(C#N)cc1.CC(C)(C)c1ccccc1C#N.[2H]c1c([2H])c([2H])c(-c2cc(-c3c([2H])c([2H])c([2H])c(C)c3[2H])cc(C(C)(C)C)c2)c([2H])c1[2H]. The number of nitriles is 4. The highest BCUT2D eigenvalue weighted by molar-refractivity contribution is 5.76. The van der Waals surface area contributed by atoms with Gasteiger partial charge < -0.3 is 0 Å². The quantitative estimate of drug-likeness (QED) is 0.164. The summed E-state index contributed by atoms with van der Waals surface area (Å²) in [7, 11) is 0. The van der Waals surface area contributed by atoms with Crippen molar-refractivity contribution >= 4 is 0 Å². The molecule has 10 rings (SSSR count). The Morgan fingerprint density at radius 1 is 0.300 bits per heavy atom. The van der Waals surface area contributed by atoms with Gasteiger partial charge in [-0.25, -0.2) is 0 Å². The van der Waals surface area contributed by atoms with Gasteiger partial charge in [0.2, 0.25) is 0 Å². The van der Waals surface area contributed by atoms with E-state index in [4.69, 9.17) is 46.2 Å². The van der Waals surface area contributed by atoms with E-state index in [-0.39, 0.29) is 108 Å². The molecule has 0 amide bonds. The molecule has 514 valence electrons. The molecular formula is C96H110N4. The molecule has 4 heteroatoms. The van der Waals surface area contributed by atoms with Crippen LogP contribution in [0.3, 0.4) is 0 Å². The van der Waals surface area contributed by atoms with Gasteiger partial charge in [0.1, 0.15) is 0 Å². The number of terminal acetylenes is 2. The van der Waals surface area contributed by atoms with Gasteiger partial charge in [0.05, 0.1) is 58.9 Å². The van der Waals surface area contributed by atoms with Crippen molar-refractivity contribution in [1.82, 2.24) is 0 Å². The van der Waals surface area contributed by atoms with Crippen molar-refractivity contribution in [3.8, 4) is 93.5 Å². The molecular weight excluding hydrogens is 1210 g/mol. The summed E-state index contributed by atoms with van der Waals surface area (Å²) >= 11 is 0. The van der Waals surface area contributed by atoms with E-state index in [1.54, 1.807) is 37.3 Å². The third-order valence-electron chi connectivity index (χ3n) is 15.6. The zero-order valence-corrected chi connectivity index (χ0v) is 60.3. The fraction of sp³-hybridized carbons (Fsp3) is 0.292. The molecule has 0 fully saturated rings. The van der Waals surface area contributed by atoms with E-state index in [2.05, 4.69) is 219 Å². The van der Waals surface area contributed by atoms with Crippen molar-refractivity contribution in [3.63, 3.8) is 0 Å². The lowest BCUT2D eigenvalue weighted by molar-refractivity contribution is 0.587. The average molecular weight is 1330 g/mol. The first-order valence-electron chi connectivity index (χ1n) is 36.9. The Kier molecular flexibility index (Phi) is 26.7. The Hall–Kier alpha value is -10.7. The second kappa shape index (κ2) is 37.9. The first kappa shape index (κ1) is 70.6. The summed E-state index contributed by atoms with van der Waals surface area (Å²) in [6.45, 7) is 39.6. The molecule has 0 radical (unpaired) electrons. The zero-order valence-electron chi connectivity index (χ0n) is 69.3. The molecule has 0 unspecified atom stereocenters. The Morgan fingerprint density at radius 2 is 0.700 bits per heavy atom. The first-order valence-corrected chi connectivity index (χ1v) is 32.4. The lowest BCUT2D eigenvalue weighted by Gasteiger charge is -2.22. The third-order valence-corrected chi connectivity index (χ3v) is 15.6. The molecule has 0 atom stereocenters. The van der Waals surface area contributed by atoms with Crippen LogP contribution in [0, 0.1) is 76.9 Å². The molecule has 0 N–H and O–H groups in total. The van der Waals surface area contributed by atoms with E-state index < -0.39 is 18.1 Å². The summed E-state index contributed by atoms with van der Waals surface area (Å²) in [5.41, 5.74) is 17.4. The summed E-state index contributed by atoms with van der Waals surface area (Å²) in [5, 5.41) is 35.2. The number of benzene rings is 10. The van der Waals surface area contributed by atoms with Crippen LogP contribution in [-0.2, 0) is 32.5 Å². The molecule has 0 saturated heterocycles. The van der Waals surface area contributed by atoms with Gasteiger partial charge in [-0.15, -0.1) is 12.8 Å². The number of rotatable bonds is 4. The lowest BCUT2D eigenvalue weighted by Crippen LogP contribution is -2.15. The fourth-order valence-electron chi connectivity index (χ4n) is 10.0. The van der Waals surface area contributed by atoms with E-state index in [0.717, 1.165) is 44.5 Å². The van der Waals surface area contributed by atoms with E-state index in [1.807, 2.05) is 93.6 Å². The standard InChI is InChI=1S/C23H24.C22H22.2C13H13N.2C11H13N.3CH4/c1-17-9-8-12-19(13-17)21-14-20(18-10-6-5-7-11-18)15-22(16-21)23(2,3)4;1-22(2,3)21-15-19(17-10-6-4-7-11-17)14-20(16-21)18-12-8-5-9-13-18;1-5-10-6-11(9-14)8-12(7-10)13(2,3)4;1-5-10-7-6-8-11(9-14)12(10)13(2,3)4;1-11(2,3)10-6-4-9(8-12)5-7-10;1-11(2,3)10-7-5-4-6-9(10)8-12;;;/h5-16H,1-4H3;4-16H,1-3H3;2*1,6-8H,2-4H3;2*4-7H,1-3H3;3*1H4/i5D,6D,7D,8D,9D,10D,11D,12D,13D;;;;;;;;. The van der Waals surface area contributed by atoms with Crippen LogP contribution in [0.15, 0.2) is 236 Å². The molecule has 100 heavy (non-hydrogen) atoms. The van der Waals surface area contributed by atoms with Gasteiger partial charge in [-0.3, -0.25) is 0 Å². The molecule has 0 aliphatic carbocycles. The highest BCUT2D eigenvalue weighted by Gasteiger charge is 2.23. The van der Waals surface area contributed by atoms with Crippen molar-refractivity contribution in [3.05, 3.63) is 309 Å². The van der Waals surface area contributed by atoms with Gasteiger partial charge in [-0.05, 0) is 178 Å². The van der Waals surface area contributed by atoms with Crippen molar-refractivity contribution in [1.29, 1.82) is 21.0 Å². The van der Waals surface area contributed by atoms with Crippen molar-refractivity contribution in [2.24, 2.45) is 0 Å². The predicted molar refractivity (Wildman–Crippen MR) is 432 cm³/mol. The van der Waals surface area contributed by atoms with E-state index in [1.165, 1.54) is 33.4 Å². The van der Waals surface area contributed by atoms with Crippen LogP contribution < -0.4 is 0 Å². The molecule has 0 heterocycles. The van der Waals surface area contributed by atoms with Crippen LogP contribution in [0.4, 0.5) is 0 Å². The third kappa shape index (κ3) is 25.9. The van der Waals surface area contributed by atoms with Gasteiger partial charge in [0, 0.05) is 11.1 Å². The number of nitrogens with zero attached hydrogens (tertiary/aromatic N) is 4. The average Bonchev–Trinajstić information content (AvgIpc) is 0.759. The number of hydrogen-bond acceptors (Lipinski definition) is 4. The summed E-state index contributed by atoms with van der Waals surface area (Å²) in [4.78, 5) is 0. The maximum absolute atomic E-state index is 8.98. The Morgan fingerprint density at radius 3 is 1.11 bits per heavy atom. The smallest absolute Gasteiger partial charge is 0.0995 e. The minimum atomic E-state index is -0.474. The Balaban J connectivity index is 0.000000462. The van der Waals surface area contributed by atoms with Crippen molar-refractivity contribution in [2.75, 3.05) is 0 Å². The summed E-state index contributed by atoms with van der Waals surface area (Å²) in [6.07, 6.45) is 10.7. The summed E-state index contributed by atoms with van der Waals surface area (Å²) in [5.74, 6) is 5.19. The molecule has 0 aliphatic heterocycles. The van der Waals surface area contributed by atoms with Crippen LogP contribution in [-0.4, -0.2) is 0 Å². The monoisotopic (exact) mass is 1330 g/mol. The molecule has 0 spiro atoms. The minimum Gasteiger partial charge on any atom is -0.192 e. The normalized spacial score (nSPS) is 11.9. The predicted octanol–water partition coefficient (Wildman–Crippen LogP) is 26.2. The second-order valence-electron chi connectivity index (χ2n) is 29.7. The van der Waals surface area contributed by atoms with Gasteiger partial charge in [0.25, 0.3) is 0 Å². The molecule has 0 saturated carbocycles. The van der Waals surface area contributed by atoms with Gasteiger partial charge in [-0.1, -0.05) is 340 Å². The van der Waals surface area contributed by atoms with Crippen LogP contribution >= 0.6 is 0 Å². The van der Waals surface area contributed by atoms with Gasteiger partial charge >= 0.3 is 0 Å². The van der Waals surface area contributed by atoms with E-state index >= 15 is 0 Å². The molecule has 10 aromatic carbocycles. The highest BCUT2D eigenvalue weighted by atomic mass is 14.3. The van der Waals surface area contributed by atoms with Crippen LogP contribution in [0.2, 0.25) is 0 Å². The molecule has 0 aliphatic rings. The lowest BCUT2D eigenvalue weighted by atomic mass is 9.81. The van der Waals surface area contributed by atoms with Gasteiger partial charge in [0.15, 0.2) is 0 Å².